The molecule has 2 N–H and O–H groups in total. The van der Waals surface area contributed by atoms with Crippen LogP contribution in [0.3, 0.4) is 0 Å². The molecule has 1 unspecified atom stereocenters. The summed E-state index contributed by atoms with van der Waals surface area (Å²) in [4.78, 5) is 11.7. The highest BCUT2D eigenvalue weighted by atomic mass is 16.5. The fourth-order valence-corrected chi connectivity index (χ4v) is 1.84. The molecule has 0 aliphatic heterocycles. The van der Waals surface area contributed by atoms with Crippen LogP contribution in [0.25, 0.3) is 0 Å². The molecule has 0 spiro atoms. The summed E-state index contributed by atoms with van der Waals surface area (Å²) in [5, 5.41) is 0. The van der Waals surface area contributed by atoms with Crippen LogP contribution in [0.1, 0.15) is 23.6 Å². The summed E-state index contributed by atoms with van der Waals surface area (Å²) in [5.41, 5.74) is 8.65. The molecule has 0 bridgehead atoms. The number of carbonyl (C=O) groups excluding carboxylic acids is 1. The number of ether oxygens (including phenoxy) is 1. The zero-order chi connectivity index (χ0) is 13.1. The molecule has 0 heterocycles. The van der Waals surface area contributed by atoms with Crippen LogP contribution in [-0.4, -0.2) is 19.6 Å². The van der Waals surface area contributed by atoms with Gasteiger partial charge in [-0.25, -0.2) is 0 Å². The Morgan fingerprint density at radius 1 is 1.35 bits per heavy atom. The molecule has 3 heteroatoms. The molecule has 94 valence electrons. The monoisotopic (exact) mass is 235 g/mol. The number of nitrogens with two attached hydrogens (primary N) is 1. The second-order valence-corrected chi connectivity index (χ2v) is 4.85. The summed E-state index contributed by atoms with van der Waals surface area (Å²) in [7, 11) is 1.40. The third-order valence-electron chi connectivity index (χ3n) is 3.29. The van der Waals surface area contributed by atoms with Crippen molar-refractivity contribution >= 4 is 5.97 Å². The lowest BCUT2D eigenvalue weighted by molar-refractivity contribution is -0.151. The van der Waals surface area contributed by atoms with E-state index >= 15 is 0 Å². The number of hydrogen-bond acceptors (Lipinski definition) is 3. The maximum atomic E-state index is 11.7. The molecule has 1 rings (SSSR count). The van der Waals surface area contributed by atoms with E-state index < -0.39 is 5.41 Å². The van der Waals surface area contributed by atoms with Gasteiger partial charge in [0.15, 0.2) is 0 Å². The molecule has 17 heavy (non-hydrogen) atoms. The summed E-state index contributed by atoms with van der Waals surface area (Å²) >= 11 is 0. The van der Waals surface area contributed by atoms with Crippen LogP contribution in [0, 0.1) is 19.3 Å². The Bertz CT molecular complexity index is 415. The van der Waals surface area contributed by atoms with Crippen molar-refractivity contribution in [3.05, 3.63) is 34.9 Å². The molecule has 0 saturated heterocycles. The number of hydrogen-bond donors (Lipinski definition) is 1. The summed E-state index contributed by atoms with van der Waals surface area (Å²) in [6, 6.07) is 6.21. The highest BCUT2D eigenvalue weighted by molar-refractivity contribution is 5.77. The third-order valence-corrected chi connectivity index (χ3v) is 3.29. The maximum absolute atomic E-state index is 11.7. The van der Waals surface area contributed by atoms with Crippen molar-refractivity contribution in [3.8, 4) is 0 Å². The average molecular weight is 235 g/mol. The number of benzene rings is 1. The lowest BCUT2D eigenvalue weighted by atomic mass is 9.83. The first kappa shape index (κ1) is 13.7. The van der Waals surface area contributed by atoms with E-state index in [1.165, 1.54) is 18.2 Å². The molecule has 1 atom stereocenters. The molecule has 0 radical (unpaired) electrons. The van der Waals surface area contributed by atoms with Crippen LogP contribution in [0.15, 0.2) is 18.2 Å². The Kier molecular flexibility index (Phi) is 4.29. The number of methoxy groups -OCH3 is 1. The third kappa shape index (κ3) is 3.07. The van der Waals surface area contributed by atoms with Crippen LogP contribution in [0.2, 0.25) is 0 Å². The molecule has 0 saturated carbocycles. The molecule has 0 aliphatic rings. The minimum atomic E-state index is -0.642. The predicted octanol–water partition coefficient (Wildman–Crippen LogP) is 1.98. The summed E-state index contributed by atoms with van der Waals surface area (Å²) in [6.45, 7) is 6.26. The lowest BCUT2D eigenvalue weighted by Gasteiger charge is -2.25. The van der Waals surface area contributed by atoms with Gasteiger partial charge in [0.1, 0.15) is 0 Å². The van der Waals surface area contributed by atoms with Crippen molar-refractivity contribution in [1.29, 1.82) is 0 Å². The molecule has 1 aromatic rings. The van der Waals surface area contributed by atoms with E-state index in [4.69, 9.17) is 10.5 Å². The second kappa shape index (κ2) is 5.32. The molecule has 3 nitrogen and oxygen atoms in total. The normalized spacial score (nSPS) is 14.2. The van der Waals surface area contributed by atoms with Crippen LogP contribution < -0.4 is 5.73 Å². The van der Waals surface area contributed by atoms with E-state index in [2.05, 4.69) is 26.0 Å². The Balaban J connectivity index is 2.95. The van der Waals surface area contributed by atoms with Gasteiger partial charge >= 0.3 is 5.97 Å². The Morgan fingerprint density at radius 2 is 2.00 bits per heavy atom. The van der Waals surface area contributed by atoms with Crippen LogP contribution >= 0.6 is 0 Å². The van der Waals surface area contributed by atoms with Crippen molar-refractivity contribution in [1.82, 2.24) is 0 Å². The van der Waals surface area contributed by atoms with Crippen molar-refractivity contribution in [2.45, 2.75) is 27.2 Å². The fourth-order valence-electron chi connectivity index (χ4n) is 1.84. The quantitative estimate of drug-likeness (QED) is 0.812. The highest BCUT2D eigenvalue weighted by Gasteiger charge is 2.33. The van der Waals surface area contributed by atoms with Gasteiger partial charge < -0.3 is 10.5 Å². The number of aryl methyl sites for hydroxylation is 2. The Labute approximate surface area is 103 Å². The summed E-state index contributed by atoms with van der Waals surface area (Å²) in [5.74, 6) is -0.252. The number of carbonyl (C=O) groups is 1. The summed E-state index contributed by atoms with van der Waals surface area (Å²) < 4.78 is 4.81. The zero-order valence-corrected chi connectivity index (χ0v) is 11.0. The number of rotatable bonds is 4. The van der Waals surface area contributed by atoms with Crippen molar-refractivity contribution in [2.24, 2.45) is 11.1 Å². The largest absolute Gasteiger partial charge is 0.469 e. The van der Waals surface area contributed by atoms with Gasteiger partial charge in [0, 0.05) is 6.54 Å². The first-order valence-electron chi connectivity index (χ1n) is 5.77. The van der Waals surface area contributed by atoms with Crippen LogP contribution in [-0.2, 0) is 16.0 Å². The minimum Gasteiger partial charge on any atom is -0.469 e. The minimum absolute atomic E-state index is 0.252. The van der Waals surface area contributed by atoms with Crippen molar-refractivity contribution in [3.63, 3.8) is 0 Å². The topological polar surface area (TPSA) is 52.3 Å². The van der Waals surface area contributed by atoms with E-state index in [1.807, 2.05) is 13.0 Å². The van der Waals surface area contributed by atoms with E-state index in [1.54, 1.807) is 0 Å². The SMILES string of the molecule is COC(=O)C(C)(CN)Cc1ccc(C)c(C)c1. The Morgan fingerprint density at radius 3 is 2.47 bits per heavy atom. The molecule has 0 aromatic heterocycles. The van der Waals surface area contributed by atoms with E-state index in [-0.39, 0.29) is 12.5 Å². The van der Waals surface area contributed by atoms with Crippen molar-refractivity contribution < 1.29 is 9.53 Å². The summed E-state index contributed by atoms with van der Waals surface area (Å²) in [6.07, 6.45) is 0.608. The van der Waals surface area contributed by atoms with Gasteiger partial charge in [0.2, 0.25) is 0 Å². The van der Waals surface area contributed by atoms with Crippen LogP contribution in [0.4, 0.5) is 0 Å². The smallest absolute Gasteiger partial charge is 0.313 e. The molecule has 1 aromatic carbocycles. The van der Waals surface area contributed by atoms with Gasteiger partial charge in [-0.3, -0.25) is 4.79 Å². The first-order valence-corrected chi connectivity index (χ1v) is 5.77. The van der Waals surface area contributed by atoms with Crippen LogP contribution in [0.5, 0.6) is 0 Å². The Hall–Kier alpha value is -1.35. The van der Waals surface area contributed by atoms with E-state index in [9.17, 15) is 4.79 Å². The lowest BCUT2D eigenvalue weighted by Crippen LogP contribution is -2.38. The molecule has 0 fully saturated rings. The molecular formula is C14H21NO2. The average Bonchev–Trinajstić information content (AvgIpc) is 2.32. The van der Waals surface area contributed by atoms with Gasteiger partial charge in [-0.05, 0) is 43.9 Å². The number of esters is 1. The molecule has 0 amide bonds. The van der Waals surface area contributed by atoms with Gasteiger partial charge in [0.05, 0.1) is 12.5 Å². The van der Waals surface area contributed by atoms with Crippen molar-refractivity contribution in [2.75, 3.05) is 13.7 Å². The standard InChI is InChI=1S/C14H21NO2/c1-10-5-6-12(7-11(10)2)8-14(3,9-15)13(16)17-4/h5-7H,8-9,15H2,1-4H3. The van der Waals surface area contributed by atoms with E-state index in [0.29, 0.717) is 6.42 Å². The second-order valence-electron chi connectivity index (χ2n) is 4.85. The van der Waals surface area contributed by atoms with Gasteiger partial charge in [-0.2, -0.15) is 0 Å². The van der Waals surface area contributed by atoms with E-state index in [0.717, 1.165) is 5.56 Å². The highest BCUT2D eigenvalue weighted by Crippen LogP contribution is 2.24. The maximum Gasteiger partial charge on any atom is 0.313 e. The fraction of sp³-hybridized carbons (Fsp3) is 0.500. The predicted molar refractivity (Wildman–Crippen MR) is 68.8 cm³/mol. The van der Waals surface area contributed by atoms with Gasteiger partial charge in [-0.15, -0.1) is 0 Å². The molecule has 0 aliphatic carbocycles. The first-order chi connectivity index (χ1) is 7.92. The molecular weight excluding hydrogens is 214 g/mol. The van der Waals surface area contributed by atoms with Gasteiger partial charge in [0.25, 0.3) is 0 Å². The van der Waals surface area contributed by atoms with Gasteiger partial charge in [-0.1, -0.05) is 18.2 Å². The zero-order valence-electron chi connectivity index (χ0n) is 11.0.